The summed E-state index contributed by atoms with van der Waals surface area (Å²) in [6, 6.07) is 7.76. The number of nitrogens with one attached hydrogen (secondary N) is 2. The van der Waals surface area contributed by atoms with E-state index in [9.17, 15) is 4.79 Å². The number of rotatable bonds is 4. The van der Waals surface area contributed by atoms with E-state index < -0.39 is 0 Å². The van der Waals surface area contributed by atoms with Gasteiger partial charge in [0.2, 0.25) is 0 Å². The number of aromatic amines is 1. The van der Waals surface area contributed by atoms with Crippen molar-refractivity contribution in [2.45, 2.75) is 31.6 Å². The lowest BCUT2D eigenvalue weighted by Gasteiger charge is -2.07. The molecule has 106 valence electrons. The fraction of sp³-hybridized carbons (Fsp3) is 0.333. The molecular formula is C15H19N3OS. The summed E-state index contributed by atoms with van der Waals surface area (Å²) in [7, 11) is 0. The number of carbonyl (C=O) groups excluding carboxylic acids is 1. The van der Waals surface area contributed by atoms with E-state index in [1.807, 2.05) is 37.4 Å². The first kappa shape index (κ1) is 14.7. The van der Waals surface area contributed by atoms with Crippen LogP contribution in [0.2, 0.25) is 0 Å². The molecule has 0 aliphatic rings. The molecule has 1 aromatic heterocycles. The van der Waals surface area contributed by atoms with Crippen LogP contribution in [0, 0.1) is 6.92 Å². The van der Waals surface area contributed by atoms with Crippen molar-refractivity contribution in [1.29, 1.82) is 0 Å². The molecule has 0 unspecified atom stereocenters. The van der Waals surface area contributed by atoms with Crippen molar-refractivity contribution in [2.75, 3.05) is 11.6 Å². The van der Waals surface area contributed by atoms with Crippen molar-refractivity contribution in [3.8, 4) is 0 Å². The predicted octanol–water partition coefficient (Wildman–Crippen LogP) is 3.82. The normalized spacial score (nSPS) is 10.8. The van der Waals surface area contributed by atoms with E-state index in [-0.39, 0.29) is 5.91 Å². The van der Waals surface area contributed by atoms with Crippen molar-refractivity contribution in [1.82, 2.24) is 10.2 Å². The zero-order valence-electron chi connectivity index (χ0n) is 12.2. The van der Waals surface area contributed by atoms with Gasteiger partial charge in [-0.05, 0) is 36.8 Å². The van der Waals surface area contributed by atoms with E-state index in [1.165, 1.54) is 0 Å². The van der Waals surface area contributed by atoms with Gasteiger partial charge in [0.1, 0.15) is 0 Å². The van der Waals surface area contributed by atoms with Crippen LogP contribution in [0.15, 0.2) is 29.2 Å². The van der Waals surface area contributed by atoms with Crippen LogP contribution in [-0.4, -0.2) is 22.4 Å². The summed E-state index contributed by atoms with van der Waals surface area (Å²) in [6.45, 7) is 6.08. The first-order valence-corrected chi connectivity index (χ1v) is 7.75. The van der Waals surface area contributed by atoms with Gasteiger partial charge in [-0.25, -0.2) is 0 Å². The summed E-state index contributed by atoms with van der Waals surface area (Å²) in [5.41, 5.74) is 2.65. The first-order valence-electron chi connectivity index (χ1n) is 6.52. The van der Waals surface area contributed by atoms with Gasteiger partial charge in [-0.2, -0.15) is 5.10 Å². The number of H-pyrrole nitrogens is 1. The Labute approximate surface area is 123 Å². The van der Waals surface area contributed by atoms with E-state index in [1.54, 1.807) is 11.8 Å². The number of anilines is 1. The van der Waals surface area contributed by atoms with Gasteiger partial charge in [0, 0.05) is 22.2 Å². The highest BCUT2D eigenvalue weighted by Gasteiger charge is 2.12. The number of aryl methyl sites for hydroxylation is 1. The van der Waals surface area contributed by atoms with Crippen molar-refractivity contribution < 1.29 is 4.79 Å². The van der Waals surface area contributed by atoms with Gasteiger partial charge in [0.25, 0.3) is 5.91 Å². The van der Waals surface area contributed by atoms with Gasteiger partial charge < -0.3 is 5.32 Å². The molecule has 2 rings (SSSR count). The number of nitrogens with zero attached hydrogens (tertiary/aromatic N) is 1. The lowest BCUT2D eigenvalue weighted by molar-refractivity contribution is 0.102. The van der Waals surface area contributed by atoms with Gasteiger partial charge in [0.05, 0.1) is 0 Å². The van der Waals surface area contributed by atoms with E-state index >= 15 is 0 Å². The fourth-order valence-electron chi connectivity index (χ4n) is 1.85. The lowest BCUT2D eigenvalue weighted by atomic mass is 10.1. The van der Waals surface area contributed by atoms with Crippen LogP contribution in [0.25, 0.3) is 0 Å². The summed E-state index contributed by atoms with van der Waals surface area (Å²) in [5.74, 6) is 0.794. The van der Waals surface area contributed by atoms with Gasteiger partial charge in [-0.3, -0.25) is 9.89 Å². The number of hydrogen-bond donors (Lipinski definition) is 2. The number of aromatic nitrogens is 2. The molecule has 1 aromatic carbocycles. The molecule has 1 heterocycles. The third kappa shape index (κ3) is 3.22. The van der Waals surface area contributed by atoms with Crippen LogP contribution in [0.3, 0.4) is 0 Å². The van der Waals surface area contributed by atoms with E-state index in [2.05, 4.69) is 29.4 Å². The summed E-state index contributed by atoms with van der Waals surface area (Å²) in [6.07, 6.45) is 2.00. The SMILES string of the molecule is CSc1ccc(C)c(C(=O)Nc2cc(C(C)C)[nH]n2)c1. The molecule has 1 amide bonds. The van der Waals surface area contributed by atoms with Gasteiger partial charge >= 0.3 is 0 Å². The Hall–Kier alpha value is -1.75. The molecule has 0 saturated carbocycles. The van der Waals surface area contributed by atoms with Crippen molar-refractivity contribution >= 4 is 23.5 Å². The highest BCUT2D eigenvalue weighted by molar-refractivity contribution is 7.98. The van der Waals surface area contributed by atoms with Crippen LogP contribution in [0.5, 0.6) is 0 Å². The van der Waals surface area contributed by atoms with E-state index in [0.717, 1.165) is 16.2 Å². The third-order valence-electron chi connectivity index (χ3n) is 3.15. The van der Waals surface area contributed by atoms with Crippen LogP contribution < -0.4 is 5.32 Å². The Morgan fingerprint density at radius 1 is 1.35 bits per heavy atom. The maximum absolute atomic E-state index is 12.3. The third-order valence-corrected chi connectivity index (χ3v) is 3.88. The first-order chi connectivity index (χ1) is 9.51. The molecule has 20 heavy (non-hydrogen) atoms. The number of thioether (sulfide) groups is 1. The predicted molar refractivity (Wildman–Crippen MR) is 83.6 cm³/mol. The molecule has 0 atom stereocenters. The molecule has 2 N–H and O–H groups in total. The molecular weight excluding hydrogens is 270 g/mol. The highest BCUT2D eigenvalue weighted by atomic mass is 32.2. The number of hydrogen-bond acceptors (Lipinski definition) is 3. The monoisotopic (exact) mass is 289 g/mol. The smallest absolute Gasteiger partial charge is 0.257 e. The van der Waals surface area contributed by atoms with Gasteiger partial charge in [-0.1, -0.05) is 19.9 Å². The standard InChI is InChI=1S/C15H19N3OS/c1-9(2)13-8-14(18-17-13)16-15(19)12-7-11(20-4)6-5-10(12)3/h5-9H,1-4H3,(H2,16,17,18,19). The maximum Gasteiger partial charge on any atom is 0.257 e. The van der Waals surface area contributed by atoms with Crippen LogP contribution >= 0.6 is 11.8 Å². The summed E-state index contributed by atoms with van der Waals surface area (Å²) in [4.78, 5) is 13.4. The largest absolute Gasteiger partial charge is 0.305 e. The van der Waals surface area contributed by atoms with Crippen molar-refractivity contribution in [2.24, 2.45) is 0 Å². The van der Waals surface area contributed by atoms with Crippen LogP contribution in [0.1, 0.15) is 41.4 Å². The number of amides is 1. The summed E-state index contributed by atoms with van der Waals surface area (Å²) in [5, 5.41) is 9.88. The lowest BCUT2D eigenvalue weighted by Crippen LogP contribution is -2.13. The van der Waals surface area contributed by atoms with Gasteiger partial charge in [-0.15, -0.1) is 11.8 Å². The molecule has 0 aliphatic carbocycles. The molecule has 0 spiro atoms. The molecule has 5 heteroatoms. The Morgan fingerprint density at radius 3 is 2.70 bits per heavy atom. The average Bonchev–Trinajstić information content (AvgIpc) is 2.88. The minimum atomic E-state index is -0.125. The fourth-order valence-corrected chi connectivity index (χ4v) is 2.29. The number of carbonyl (C=O) groups is 1. The van der Waals surface area contributed by atoms with Crippen LogP contribution in [-0.2, 0) is 0 Å². The second-order valence-corrected chi connectivity index (χ2v) is 5.88. The van der Waals surface area contributed by atoms with E-state index in [4.69, 9.17) is 0 Å². The Kier molecular flexibility index (Phi) is 4.49. The minimum absolute atomic E-state index is 0.125. The van der Waals surface area contributed by atoms with Gasteiger partial charge in [0.15, 0.2) is 5.82 Å². The second kappa shape index (κ2) is 6.13. The zero-order chi connectivity index (χ0) is 14.7. The van der Waals surface area contributed by atoms with E-state index in [0.29, 0.717) is 17.3 Å². The molecule has 0 saturated heterocycles. The Morgan fingerprint density at radius 2 is 2.10 bits per heavy atom. The van der Waals surface area contributed by atoms with Crippen molar-refractivity contribution in [3.05, 3.63) is 41.1 Å². The summed E-state index contributed by atoms with van der Waals surface area (Å²) < 4.78 is 0. The molecule has 0 fully saturated rings. The van der Waals surface area contributed by atoms with Crippen LogP contribution in [0.4, 0.5) is 5.82 Å². The molecule has 0 bridgehead atoms. The topological polar surface area (TPSA) is 57.8 Å². The molecule has 2 aromatic rings. The number of benzene rings is 1. The molecule has 4 nitrogen and oxygen atoms in total. The Balaban J connectivity index is 2.19. The molecule has 0 radical (unpaired) electrons. The second-order valence-electron chi connectivity index (χ2n) is 5.00. The molecule has 0 aliphatic heterocycles. The Bertz CT molecular complexity index is 619. The zero-order valence-corrected chi connectivity index (χ0v) is 13.0. The average molecular weight is 289 g/mol. The highest BCUT2D eigenvalue weighted by Crippen LogP contribution is 2.20. The quantitative estimate of drug-likeness (QED) is 0.841. The van der Waals surface area contributed by atoms with Crippen molar-refractivity contribution in [3.63, 3.8) is 0 Å². The summed E-state index contributed by atoms with van der Waals surface area (Å²) >= 11 is 1.62. The minimum Gasteiger partial charge on any atom is -0.305 e. The maximum atomic E-state index is 12.3.